The van der Waals surface area contributed by atoms with E-state index in [1.54, 1.807) is 20.8 Å². The first-order valence-corrected chi connectivity index (χ1v) is 5.87. The van der Waals surface area contributed by atoms with Crippen LogP contribution in [0.2, 0.25) is 0 Å². The summed E-state index contributed by atoms with van der Waals surface area (Å²) in [6.07, 6.45) is 2.20. The molecule has 0 spiro atoms. The van der Waals surface area contributed by atoms with Crippen molar-refractivity contribution >= 4 is 11.9 Å². The van der Waals surface area contributed by atoms with Gasteiger partial charge in [0.05, 0.1) is 13.2 Å². The minimum absolute atomic E-state index is 0.278. The number of hydrogen-bond acceptors (Lipinski definition) is 4. The summed E-state index contributed by atoms with van der Waals surface area (Å²) in [6, 6.07) is 0. The quantitative estimate of drug-likeness (QED) is 0.497. The fourth-order valence-electron chi connectivity index (χ4n) is 1.40. The Morgan fingerprint density at radius 3 is 1.75 bits per heavy atom. The average Bonchev–Trinajstić information content (AvgIpc) is 2.26. The van der Waals surface area contributed by atoms with Gasteiger partial charge in [-0.3, -0.25) is 9.59 Å². The van der Waals surface area contributed by atoms with Gasteiger partial charge in [-0.25, -0.2) is 0 Å². The van der Waals surface area contributed by atoms with Crippen molar-refractivity contribution in [2.45, 2.75) is 47.0 Å². The van der Waals surface area contributed by atoms with Gasteiger partial charge in [0.1, 0.15) is 0 Å². The molecule has 0 aliphatic heterocycles. The molecule has 0 heterocycles. The van der Waals surface area contributed by atoms with Crippen molar-refractivity contribution in [1.29, 1.82) is 0 Å². The lowest BCUT2D eigenvalue weighted by Crippen LogP contribution is -2.39. The van der Waals surface area contributed by atoms with Crippen molar-refractivity contribution in [1.82, 2.24) is 0 Å². The Labute approximate surface area is 97.3 Å². The molecule has 0 aromatic carbocycles. The maximum absolute atomic E-state index is 11.8. The molecule has 0 rings (SSSR count). The Morgan fingerprint density at radius 2 is 1.44 bits per heavy atom. The summed E-state index contributed by atoms with van der Waals surface area (Å²) < 4.78 is 9.86. The molecule has 0 aliphatic carbocycles. The maximum Gasteiger partial charge on any atom is 0.323 e. The molecule has 0 saturated carbocycles. The van der Waals surface area contributed by atoms with Gasteiger partial charge in [-0.15, -0.1) is 0 Å². The minimum Gasteiger partial charge on any atom is -0.465 e. The smallest absolute Gasteiger partial charge is 0.323 e. The average molecular weight is 230 g/mol. The van der Waals surface area contributed by atoms with Gasteiger partial charge in [0.2, 0.25) is 0 Å². The van der Waals surface area contributed by atoms with Crippen LogP contribution >= 0.6 is 0 Å². The number of carbonyl (C=O) groups is 2. The zero-order valence-electron chi connectivity index (χ0n) is 10.7. The zero-order chi connectivity index (χ0) is 12.6. The molecule has 4 heteroatoms. The van der Waals surface area contributed by atoms with E-state index in [2.05, 4.69) is 0 Å². The second kappa shape index (κ2) is 7.25. The fourth-order valence-corrected chi connectivity index (χ4v) is 1.40. The monoisotopic (exact) mass is 230 g/mol. The Balaban J connectivity index is 4.71. The van der Waals surface area contributed by atoms with E-state index in [4.69, 9.17) is 9.47 Å². The van der Waals surface area contributed by atoms with Gasteiger partial charge < -0.3 is 9.47 Å². The van der Waals surface area contributed by atoms with Crippen LogP contribution in [-0.2, 0) is 19.1 Å². The summed E-state index contributed by atoms with van der Waals surface area (Å²) in [5.41, 5.74) is -1.15. The molecule has 0 radical (unpaired) electrons. The van der Waals surface area contributed by atoms with Gasteiger partial charge >= 0.3 is 11.9 Å². The number of rotatable bonds is 7. The highest BCUT2D eigenvalue weighted by Crippen LogP contribution is 2.27. The van der Waals surface area contributed by atoms with Crippen LogP contribution in [0.1, 0.15) is 47.0 Å². The molecule has 0 saturated heterocycles. The minimum atomic E-state index is -1.15. The van der Waals surface area contributed by atoms with Gasteiger partial charge in [0.25, 0.3) is 0 Å². The number of unbranched alkanes of at least 4 members (excludes halogenated alkanes) is 1. The Bertz CT molecular complexity index is 217. The van der Waals surface area contributed by atoms with E-state index in [0.717, 1.165) is 12.8 Å². The summed E-state index contributed by atoms with van der Waals surface area (Å²) in [4.78, 5) is 23.5. The normalized spacial score (nSPS) is 11.0. The molecule has 94 valence electrons. The zero-order valence-corrected chi connectivity index (χ0v) is 10.7. The van der Waals surface area contributed by atoms with E-state index in [-0.39, 0.29) is 13.2 Å². The van der Waals surface area contributed by atoms with Crippen LogP contribution in [0, 0.1) is 5.41 Å². The molecule has 0 unspecified atom stereocenters. The van der Waals surface area contributed by atoms with Crippen LogP contribution in [0.4, 0.5) is 0 Å². The molecule has 0 aromatic rings. The summed E-state index contributed by atoms with van der Waals surface area (Å²) in [6.45, 7) is 7.61. The number of hydrogen-bond donors (Lipinski definition) is 0. The fraction of sp³-hybridized carbons (Fsp3) is 0.833. The first kappa shape index (κ1) is 14.9. The maximum atomic E-state index is 11.8. The third kappa shape index (κ3) is 3.83. The van der Waals surface area contributed by atoms with Gasteiger partial charge in [0.15, 0.2) is 5.41 Å². The molecule has 0 aliphatic rings. The molecule has 0 aromatic heterocycles. The van der Waals surface area contributed by atoms with Gasteiger partial charge in [-0.2, -0.15) is 0 Å². The van der Waals surface area contributed by atoms with Crippen LogP contribution in [0.25, 0.3) is 0 Å². The third-order valence-corrected chi connectivity index (χ3v) is 2.48. The Morgan fingerprint density at radius 1 is 1.00 bits per heavy atom. The Kier molecular flexibility index (Phi) is 6.77. The van der Waals surface area contributed by atoms with E-state index < -0.39 is 17.4 Å². The number of carbonyl (C=O) groups excluding carboxylic acids is 2. The number of esters is 2. The molecular weight excluding hydrogens is 208 g/mol. The molecule has 0 amide bonds. The number of ether oxygens (including phenoxy) is 2. The van der Waals surface area contributed by atoms with Crippen LogP contribution in [0.5, 0.6) is 0 Å². The van der Waals surface area contributed by atoms with Gasteiger partial charge in [-0.1, -0.05) is 19.8 Å². The summed E-state index contributed by atoms with van der Waals surface area (Å²) in [7, 11) is 0. The van der Waals surface area contributed by atoms with Crippen LogP contribution in [0.3, 0.4) is 0 Å². The van der Waals surface area contributed by atoms with Crippen LogP contribution < -0.4 is 0 Å². The molecule has 4 nitrogen and oxygen atoms in total. The summed E-state index contributed by atoms with van der Waals surface area (Å²) in [5.74, 6) is -0.969. The second-order valence-corrected chi connectivity index (χ2v) is 3.88. The molecule has 16 heavy (non-hydrogen) atoms. The van der Waals surface area contributed by atoms with E-state index >= 15 is 0 Å². The third-order valence-electron chi connectivity index (χ3n) is 2.48. The van der Waals surface area contributed by atoms with Gasteiger partial charge in [0, 0.05) is 0 Å². The molecule has 0 atom stereocenters. The predicted octanol–water partition coefficient (Wildman–Crippen LogP) is 2.31. The standard InChI is InChI=1S/C12H22O4/c1-5-8-9-12(4,10(13)15-6-2)11(14)16-7-3/h5-9H2,1-4H3. The lowest BCUT2D eigenvalue weighted by molar-refractivity contribution is -0.171. The van der Waals surface area contributed by atoms with Crippen molar-refractivity contribution in [2.24, 2.45) is 5.41 Å². The van der Waals surface area contributed by atoms with E-state index in [1.807, 2.05) is 6.92 Å². The lowest BCUT2D eigenvalue weighted by atomic mass is 9.85. The van der Waals surface area contributed by atoms with Crippen molar-refractivity contribution in [3.8, 4) is 0 Å². The largest absolute Gasteiger partial charge is 0.465 e. The van der Waals surface area contributed by atoms with E-state index in [9.17, 15) is 9.59 Å². The predicted molar refractivity (Wildman–Crippen MR) is 60.9 cm³/mol. The molecular formula is C12H22O4. The molecule has 0 N–H and O–H groups in total. The van der Waals surface area contributed by atoms with E-state index in [0.29, 0.717) is 6.42 Å². The molecule has 0 fully saturated rings. The van der Waals surface area contributed by atoms with E-state index in [1.165, 1.54) is 0 Å². The SMILES string of the molecule is CCCCC(C)(C(=O)OCC)C(=O)OCC. The first-order valence-electron chi connectivity index (χ1n) is 5.87. The lowest BCUT2D eigenvalue weighted by Gasteiger charge is -2.24. The molecule has 0 bridgehead atoms. The second-order valence-electron chi connectivity index (χ2n) is 3.88. The van der Waals surface area contributed by atoms with Gasteiger partial charge in [-0.05, 0) is 27.2 Å². The highest BCUT2D eigenvalue weighted by atomic mass is 16.6. The highest BCUT2D eigenvalue weighted by molar-refractivity contribution is 5.99. The van der Waals surface area contributed by atoms with Crippen molar-refractivity contribution in [3.05, 3.63) is 0 Å². The topological polar surface area (TPSA) is 52.6 Å². The highest BCUT2D eigenvalue weighted by Gasteiger charge is 2.43. The first-order chi connectivity index (χ1) is 7.52. The van der Waals surface area contributed by atoms with Crippen molar-refractivity contribution in [3.63, 3.8) is 0 Å². The van der Waals surface area contributed by atoms with Crippen molar-refractivity contribution in [2.75, 3.05) is 13.2 Å². The van der Waals surface area contributed by atoms with Crippen LogP contribution in [-0.4, -0.2) is 25.2 Å². The summed E-state index contributed by atoms with van der Waals surface area (Å²) in [5, 5.41) is 0. The van der Waals surface area contributed by atoms with Crippen molar-refractivity contribution < 1.29 is 19.1 Å². The summed E-state index contributed by atoms with van der Waals surface area (Å²) >= 11 is 0. The van der Waals surface area contributed by atoms with Crippen LogP contribution in [0.15, 0.2) is 0 Å². The Hall–Kier alpha value is -1.06.